The summed E-state index contributed by atoms with van der Waals surface area (Å²) in [6.45, 7) is 2.24. The van der Waals surface area contributed by atoms with E-state index in [4.69, 9.17) is 11.6 Å². The van der Waals surface area contributed by atoms with Crippen LogP contribution in [0.1, 0.15) is 69.8 Å². The van der Waals surface area contributed by atoms with Crippen LogP contribution in [0.5, 0.6) is 0 Å². The lowest BCUT2D eigenvalue weighted by Gasteiger charge is -2.32. The van der Waals surface area contributed by atoms with E-state index in [9.17, 15) is 4.39 Å². The molecule has 1 radical (unpaired) electrons. The molecule has 2 heteroatoms. The van der Waals surface area contributed by atoms with Crippen molar-refractivity contribution in [1.82, 2.24) is 0 Å². The summed E-state index contributed by atoms with van der Waals surface area (Å²) < 4.78 is 14.2. The molecule has 1 aromatic carbocycles. The van der Waals surface area contributed by atoms with Crippen LogP contribution in [0.4, 0.5) is 4.39 Å². The predicted octanol–water partition coefficient (Wildman–Crippen LogP) is 6.74. The summed E-state index contributed by atoms with van der Waals surface area (Å²) in [5.41, 5.74) is 1.10. The van der Waals surface area contributed by atoms with Crippen LogP contribution in [0.25, 0.3) is 0 Å². The van der Waals surface area contributed by atoms with Crippen molar-refractivity contribution >= 4 is 11.6 Å². The highest BCUT2D eigenvalue weighted by molar-refractivity contribution is 6.30. The summed E-state index contributed by atoms with van der Waals surface area (Å²) in [6, 6.07) is 7.71. The van der Waals surface area contributed by atoms with E-state index in [2.05, 4.69) is 6.92 Å². The van der Waals surface area contributed by atoms with Crippen LogP contribution in [0.2, 0.25) is 5.02 Å². The molecule has 3 unspecified atom stereocenters. The van der Waals surface area contributed by atoms with Gasteiger partial charge in [-0.25, -0.2) is 4.39 Å². The van der Waals surface area contributed by atoms with Gasteiger partial charge in [0.1, 0.15) is 6.17 Å². The minimum absolute atomic E-state index is 0.0247. The second-order valence-corrected chi connectivity index (χ2v) is 6.81. The first kappa shape index (κ1) is 16.8. The molecule has 1 aliphatic carbocycles. The maximum atomic E-state index is 14.2. The van der Waals surface area contributed by atoms with Gasteiger partial charge in [0.05, 0.1) is 0 Å². The topological polar surface area (TPSA) is 0 Å². The highest BCUT2D eigenvalue weighted by atomic mass is 35.5. The van der Waals surface area contributed by atoms with E-state index in [-0.39, 0.29) is 5.92 Å². The average molecular weight is 310 g/mol. The van der Waals surface area contributed by atoms with Crippen LogP contribution in [0.15, 0.2) is 24.3 Å². The number of benzene rings is 1. The zero-order chi connectivity index (χ0) is 15.1. The predicted molar refractivity (Wildman–Crippen MR) is 89.5 cm³/mol. The first-order valence-electron chi connectivity index (χ1n) is 8.43. The van der Waals surface area contributed by atoms with E-state index in [1.54, 1.807) is 0 Å². The lowest BCUT2D eigenvalue weighted by atomic mass is 9.75. The van der Waals surface area contributed by atoms with Gasteiger partial charge in [-0.2, -0.15) is 0 Å². The molecule has 0 aromatic heterocycles. The zero-order valence-electron chi connectivity index (χ0n) is 13.0. The summed E-state index contributed by atoms with van der Waals surface area (Å²) in [5.74, 6) is 0.677. The Bertz CT molecular complexity index is 401. The Labute approximate surface area is 134 Å². The molecule has 117 valence electrons. The third-order valence-electron chi connectivity index (χ3n) is 4.68. The van der Waals surface area contributed by atoms with Gasteiger partial charge in [0, 0.05) is 10.9 Å². The van der Waals surface area contributed by atoms with Crippen molar-refractivity contribution in [3.8, 4) is 0 Å². The zero-order valence-corrected chi connectivity index (χ0v) is 13.8. The summed E-state index contributed by atoms with van der Waals surface area (Å²) in [6.07, 6.45) is 10.9. The first-order valence-corrected chi connectivity index (χ1v) is 8.81. The van der Waals surface area contributed by atoms with E-state index in [1.807, 2.05) is 30.7 Å². The number of hydrogen-bond acceptors (Lipinski definition) is 0. The number of alkyl halides is 1. The summed E-state index contributed by atoms with van der Waals surface area (Å²) in [4.78, 5) is 0. The first-order chi connectivity index (χ1) is 10.2. The monoisotopic (exact) mass is 309 g/mol. The molecule has 0 aliphatic heterocycles. The fourth-order valence-electron chi connectivity index (χ4n) is 3.37. The molecule has 2 rings (SSSR count). The van der Waals surface area contributed by atoms with E-state index in [0.717, 1.165) is 23.4 Å². The quantitative estimate of drug-likeness (QED) is 0.489. The van der Waals surface area contributed by atoms with Crippen molar-refractivity contribution in [3.05, 3.63) is 41.3 Å². The van der Waals surface area contributed by atoms with Gasteiger partial charge >= 0.3 is 0 Å². The fourth-order valence-corrected chi connectivity index (χ4v) is 3.50. The highest BCUT2D eigenvalue weighted by Crippen LogP contribution is 2.40. The summed E-state index contributed by atoms with van der Waals surface area (Å²) >= 11 is 5.92. The maximum absolute atomic E-state index is 14.2. The van der Waals surface area contributed by atoms with Crippen molar-refractivity contribution in [3.63, 3.8) is 0 Å². The van der Waals surface area contributed by atoms with Crippen molar-refractivity contribution in [2.24, 2.45) is 5.92 Å². The van der Waals surface area contributed by atoms with E-state index < -0.39 is 6.17 Å². The molecule has 21 heavy (non-hydrogen) atoms. The molecule has 0 spiro atoms. The van der Waals surface area contributed by atoms with Gasteiger partial charge in [-0.05, 0) is 42.9 Å². The molecule has 0 N–H and O–H groups in total. The maximum Gasteiger partial charge on any atom is 0.110 e. The van der Waals surface area contributed by atoms with Gasteiger partial charge in [-0.3, -0.25) is 0 Å². The Kier molecular flexibility index (Phi) is 7.03. The molecule has 0 saturated heterocycles. The van der Waals surface area contributed by atoms with Crippen LogP contribution in [0.3, 0.4) is 0 Å². The Morgan fingerprint density at radius 1 is 1.10 bits per heavy atom. The molecule has 1 aromatic rings. The second-order valence-electron chi connectivity index (χ2n) is 6.38. The molecule has 0 nitrogen and oxygen atoms in total. The Balaban J connectivity index is 1.83. The lowest BCUT2D eigenvalue weighted by molar-refractivity contribution is 0.220. The molecular weight excluding hydrogens is 283 g/mol. The van der Waals surface area contributed by atoms with Gasteiger partial charge in [0.2, 0.25) is 0 Å². The molecule has 0 amide bonds. The lowest BCUT2D eigenvalue weighted by Crippen LogP contribution is -2.25. The normalized spacial score (nSPS) is 26.0. The summed E-state index contributed by atoms with van der Waals surface area (Å²) in [7, 11) is 0. The van der Waals surface area contributed by atoms with Crippen LogP contribution in [-0.2, 0) is 0 Å². The molecule has 3 atom stereocenters. The number of halogens is 2. The largest absolute Gasteiger partial charge is 0.247 e. The standard InChI is InChI=1S/C19H27ClF/c1-2-3-4-5-6-7-15-8-13-19(21)18(14-15)16-9-11-17(20)12-10-16/h9-13,15,18-19H,2-8,14H2,1H3. The van der Waals surface area contributed by atoms with Crippen molar-refractivity contribution in [2.45, 2.75) is 70.4 Å². The average Bonchev–Trinajstić information content (AvgIpc) is 2.50. The third-order valence-corrected chi connectivity index (χ3v) is 4.93. The van der Waals surface area contributed by atoms with Gasteiger partial charge in [0.25, 0.3) is 0 Å². The van der Waals surface area contributed by atoms with Crippen LogP contribution in [0, 0.1) is 12.3 Å². The van der Waals surface area contributed by atoms with Gasteiger partial charge in [-0.1, -0.05) is 69.2 Å². The molecule has 0 heterocycles. The molecule has 1 saturated carbocycles. The minimum atomic E-state index is -0.803. The minimum Gasteiger partial charge on any atom is -0.247 e. The second kappa shape index (κ2) is 8.78. The van der Waals surface area contributed by atoms with E-state index in [0.29, 0.717) is 5.92 Å². The van der Waals surface area contributed by atoms with Crippen LogP contribution >= 0.6 is 11.6 Å². The molecule has 0 bridgehead atoms. The number of rotatable bonds is 7. The number of hydrogen-bond donors (Lipinski definition) is 0. The third kappa shape index (κ3) is 5.29. The van der Waals surface area contributed by atoms with Gasteiger partial charge in [-0.15, -0.1) is 0 Å². The Hall–Kier alpha value is -0.560. The van der Waals surface area contributed by atoms with Crippen LogP contribution in [-0.4, -0.2) is 6.17 Å². The van der Waals surface area contributed by atoms with Crippen molar-refractivity contribution in [1.29, 1.82) is 0 Å². The van der Waals surface area contributed by atoms with Gasteiger partial charge in [0.15, 0.2) is 0 Å². The number of unbranched alkanes of at least 4 members (excludes halogenated alkanes) is 4. The molecular formula is C19H27ClF. The molecule has 1 aliphatic rings. The smallest absolute Gasteiger partial charge is 0.110 e. The Morgan fingerprint density at radius 3 is 2.52 bits per heavy atom. The SMILES string of the molecule is CCCCCCCC1C[CH]C(F)C(c2ccc(Cl)cc2)C1. The van der Waals surface area contributed by atoms with Crippen molar-refractivity contribution < 1.29 is 4.39 Å². The van der Waals surface area contributed by atoms with Crippen molar-refractivity contribution in [2.75, 3.05) is 0 Å². The fraction of sp³-hybridized carbons (Fsp3) is 0.632. The van der Waals surface area contributed by atoms with Crippen LogP contribution < -0.4 is 0 Å². The molecule has 1 fully saturated rings. The highest BCUT2D eigenvalue weighted by Gasteiger charge is 2.31. The Morgan fingerprint density at radius 2 is 1.81 bits per heavy atom. The van der Waals surface area contributed by atoms with E-state index in [1.165, 1.54) is 38.5 Å². The van der Waals surface area contributed by atoms with Gasteiger partial charge < -0.3 is 0 Å². The summed E-state index contributed by atoms with van der Waals surface area (Å²) in [5, 5.41) is 0.724. The van der Waals surface area contributed by atoms with E-state index >= 15 is 0 Å².